The number of phenols is 1. The molecule has 20 heavy (non-hydrogen) atoms. The third-order valence-electron chi connectivity index (χ3n) is 4.90. The Labute approximate surface area is 122 Å². The summed E-state index contributed by atoms with van der Waals surface area (Å²) in [6.07, 6.45) is 5.32. The minimum Gasteiger partial charge on any atom is -0.508 e. The SMILES string of the molecule is CC(C)CC1(c2cccc(O)c2)CCN(CC2CC2)C1. The van der Waals surface area contributed by atoms with E-state index in [9.17, 15) is 5.11 Å². The lowest BCUT2D eigenvalue weighted by atomic mass is 9.73. The van der Waals surface area contributed by atoms with Gasteiger partial charge in [-0.15, -0.1) is 0 Å². The normalized spacial score (nSPS) is 27.4. The Bertz CT molecular complexity index is 466. The molecule has 2 heteroatoms. The predicted octanol–water partition coefficient (Wildman–Crippen LogP) is 3.79. The minimum absolute atomic E-state index is 0.252. The zero-order valence-electron chi connectivity index (χ0n) is 12.8. The molecule has 1 aromatic rings. The standard InChI is InChI=1S/C18H27NO/c1-14(2)11-18(16-4-3-5-17(20)10-16)8-9-19(13-18)12-15-6-7-15/h3-5,10,14-15,20H,6-9,11-13H2,1-2H3. The average molecular weight is 273 g/mol. The van der Waals surface area contributed by atoms with E-state index in [0.717, 1.165) is 5.92 Å². The van der Waals surface area contributed by atoms with Gasteiger partial charge in [0.2, 0.25) is 0 Å². The van der Waals surface area contributed by atoms with E-state index in [2.05, 4.69) is 24.8 Å². The molecule has 110 valence electrons. The smallest absolute Gasteiger partial charge is 0.115 e. The van der Waals surface area contributed by atoms with Gasteiger partial charge in [-0.2, -0.15) is 0 Å². The van der Waals surface area contributed by atoms with Crippen LogP contribution in [0.25, 0.3) is 0 Å². The monoisotopic (exact) mass is 273 g/mol. The Morgan fingerprint density at radius 3 is 2.80 bits per heavy atom. The lowest BCUT2D eigenvalue weighted by molar-refractivity contribution is 0.278. The van der Waals surface area contributed by atoms with Crippen molar-refractivity contribution in [1.82, 2.24) is 4.90 Å². The molecule has 0 spiro atoms. The fourth-order valence-corrected chi connectivity index (χ4v) is 3.92. The second kappa shape index (κ2) is 5.40. The van der Waals surface area contributed by atoms with Gasteiger partial charge in [-0.25, -0.2) is 0 Å². The molecule has 1 aromatic carbocycles. The maximum atomic E-state index is 9.83. The zero-order valence-corrected chi connectivity index (χ0v) is 12.8. The van der Waals surface area contributed by atoms with E-state index in [4.69, 9.17) is 0 Å². The second-order valence-corrected chi connectivity index (χ2v) is 7.36. The molecule has 1 N–H and O–H groups in total. The third-order valence-corrected chi connectivity index (χ3v) is 4.90. The summed E-state index contributed by atoms with van der Waals surface area (Å²) in [4.78, 5) is 2.66. The Balaban J connectivity index is 1.81. The van der Waals surface area contributed by atoms with Crippen LogP contribution in [0.15, 0.2) is 24.3 Å². The van der Waals surface area contributed by atoms with Crippen LogP contribution >= 0.6 is 0 Å². The molecule has 0 radical (unpaired) electrons. The van der Waals surface area contributed by atoms with Crippen molar-refractivity contribution >= 4 is 0 Å². The maximum Gasteiger partial charge on any atom is 0.115 e. The van der Waals surface area contributed by atoms with Gasteiger partial charge in [0.1, 0.15) is 5.75 Å². The van der Waals surface area contributed by atoms with Crippen LogP contribution in [0.2, 0.25) is 0 Å². The molecule has 3 rings (SSSR count). The number of hydrogen-bond acceptors (Lipinski definition) is 2. The summed E-state index contributed by atoms with van der Waals surface area (Å²) in [5, 5.41) is 9.83. The number of nitrogens with zero attached hydrogens (tertiary/aromatic N) is 1. The first-order valence-corrected chi connectivity index (χ1v) is 8.09. The Morgan fingerprint density at radius 2 is 2.15 bits per heavy atom. The van der Waals surface area contributed by atoms with Crippen molar-refractivity contribution in [2.45, 2.75) is 44.9 Å². The molecule has 0 aromatic heterocycles. The summed E-state index contributed by atoms with van der Waals surface area (Å²) < 4.78 is 0. The van der Waals surface area contributed by atoms with Crippen molar-refractivity contribution in [1.29, 1.82) is 0 Å². The quantitative estimate of drug-likeness (QED) is 0.882. The summed E-state index contributed by atoms with van der Waals surface area (Å²) in [7, 11) is 0. The Kier molecular flexibility index (Phi) is 3.76. The van der Waals surface area contributed by atoms with Crippen LogP contribution in [-0.4, -0.2) is 29.6 Å². The number of phenolic OH excluding ortho intramolecular Hbond substituents is 1. The molecule has 1 heterocycles. The van der Waals surface area contributed by atoms with Crippen LogP contribution in [0.3, 0.4) is 0 Å². The van der Waals surface area contributed by atoms with Crippen LogP contribution in [0.1, 0.15) is 45.1 Å². The molecule has 0 amide bonds. The van der Waals surface area contributed by atoms with Crippen LogP contribution in [0, 0.1) is 11.8 Å². The predicted molar refractivity (Wildman–Crippen MR) is 83.0 cm³/mol. The maximum absolute atomic E-state index is 9.83. The summed E-state index contributed by atoms with van der Waals surface area (Å²) in [6.45, 7) is 8.31. The minimum atomic E-state index is 0.252. The molecular weight excluding hydrogens is 246 g/mol. The molecule has 2 nitrogen and oxygen atoms in total. The van der Waals surface area contributed by atoms with Crippen LogP contribution in [0.5, 0.6) is 5.75 Å². The first kappa shape index (κ1) is 13.9. The number of aromatic hydroxyl groups is 1. The summed E-state index contributed by atoms with van der Waals surface area (Å²) in [5.41, 5.74) is 1.59. The van der Waals surface area contributed by atoms with Gasteiger partial charge in [-0.3, -0.25) is 0 Å². The fraction of sp³-hybridized carbons (Fsp3) is 0.667. The van der Waals surface area contributed by atoms with E-state index >= 15 is 0 Å². The largest absolute Gasteiger partial charge is 0.508 e. The van der Waals surface area contributed by atoms with Gasteiger partial charge in [0, 0.05) is 18.5 Å². The van der Waals surface area contributed by atoms with E-state index in [1.165, 1.54) is 50.9 Å². The highest BCUT2D eigenvalue weighted by Gasteiger charge is 2.41. The molecular formula is C18H27NO. The van der Waals surface area contributed by atoms with E-state index in [0.29, 0.717) is 11.7 Å². The highest BCUT2D eigenvalue weighted by Crippen LogP contribution is 2.42. The van der Waals surface area contributed by atoms with Crippen molar-refractivity contribution in [2.75, 3.05) is 19.6 Å². The number of hydrogen-bond donors (Lipinski definition) is 1. The van der Waals surface area contributed by atoms with Gasteiger partial charge in [0.15, 0.2) is 0 Å². The topological polar surface area (TPSA) is 23.5 Å². The first-order chi connectivity index (χ1) is 9.57. The van der Waals surface area contributed by atoms with Gasteiger partial charge < -0.3 is 10.0 Å². The van der Waals surface area contributed by atoms with Crippen molar-refractivity contribution in [3.63, 3.8) is 0 Å². The van der Waals surface area contributed by atoms with E-state index < -0.39 is 0 Å². The highest BCUT2D eigenvalue weighted by atomic mass is 16.3. The lowest BCUT2D eigenvalue weighted by Crippen LogP contribution is -2.33. The van der Waals surface area contributed by atoms with Crippen molar-refractivity contribution in [3.8, 4) is 5.75 Å². The molecule has 1 aliphatic heterocycles. The van der Waals surface area contributed by atoms with Gasteiger partial charge in [0.05, 0.1) is 0 Å². The summed E-state index contributed by atoms with van der Waals surface area (Å²) in [6, 6.07) is 7.98. The van der Waals surface area contributed by atoms with Gasteiger partial charge in [-0.1, -0.05) is 26.0 Å². The molecule has 1 saturated carbocycles. The van der Waals surface area contributed by atoms with Gasteiger partial charge in [0.25, 0.3) is 0 Å². The zero-order chi connectivity index (χ0) is 14.2. The number of likely N-dealkylation sites (tertiary alicyclic amines) is 1. The third kappa shape index (κ3) is 3.01. The molecule has 1 aliphatic carbocycles. The van der Waals surface area contributed by atoms with Crippen LogP contribution in [0.4, 0.5) is 0 Å². The van der Waals surface area contributed by atoms with Gasteiger partial charge >= 0.3 is 0 Å². The number of benzene rings is 1. The second-order valence-electron chi connectivity index (χ2n) is 7.36. The molecule has 1 unspecified atom stereocenters. The van der Waals surface area contributed by atoms with Crippen molar-refractivity contribution < 1.29 is 5.11 Å². The van der Waals surface area contributed by atoms with Crippen LogP contribution in [-0.2, 0) is 5.41 Å². The first-order valence-electron chi connectivity index (χ1n) is 8.09. The molecule has 2 fully saturated rings. The van der Waals surface area contributed by atoms with Gasteiger partial charge in [-0.05, 0) is 61.8 Å². The summed E-state index contributed by atoms with van der Waals surface area (Å²) >= 11 is 0. The molecule has 0 bridgehead atoms. The van der Waals surface area contributed by atoms with E-state index in [1.54, 1.807) is 6.07 Å². The van der Waals surface area contributed by atoms with Crippen molar-refractivity contribution in [3.05, 3.63) is 29.8 Å². The fourth-order valence-electron chi connectivity index (χ4n) is 3.92. The lowest BCUT2D eigenvalue weighted by Gasteiger charge is -2.32. The molecule has 2 aliphatic rings. The Hall–Kier alpha value is -1.02. The summed E-state index contributed by atoms with van der Waals surface area (Å²) in [5.74, 6) is 2.07. The van der Waals surface area contributed by atoms with E-state index in [1.807, 2.05) is 12.1 Å². The highest BCUT2D eigenvalue weighted by molar-refractivity contribution is 5.34. The number of rotatable bonds is 5. The van der Waals surface area contributed by atoms with Crippen LogP contribution < -0.4 is 0 Å². The van der Waals surface area contributed by atoms with Crippen molar-refractivity contribution in [2.24, 2.45) is 11.8 Å². The molecule has 1 saturated heterocycles. The average Bonchev–Trinajstić information content (AvgIpc) is 3.10. The molecule has 1 atom stereocenters. The van der Waals surface area contributed by atoms with E-state index in [-0.39, 0.29) is 5.41 Å². The Morgan fingerprint density at radius 1 is 1.35 bits per heavy atom.